The number of benzene rings is 1. The average Bonchev–Trinajstić information content (AvgIpc) is 2.77. The van der Waals surface area contributed by atoms with Crippen molar-refractivity contribution in [1.29, 1.82) is 0 Å². The molecule has 2 aliphatic heterocycles. The number of amides is 2. The highest BCUT2D eigenvalue weighted by Crippen LogP contribution is 2.23. The van der Waals surface area contributed by atoms with E-state index in [9.17, 15) is 4.79 Å². The zero-order valence-electron chi connectivity index (χ0n) is 17.8. The van der Waals surface area contributed by atoms with Gasteiger partial charge >= 0.3 is 6.03 Å². The van der Waals surface area contributed by atoms with Gasteiger partial charge in [0.15, 0.2) is 0 Å². The second-order valence-corrected chi connectivity index (χ2v) is 9.12. The minimum Gasteiger partial charge on any atom is -0.379 e. The number of rotatable bonds is 5. The number of nitrogens with zero attached hydrogens (tertiary/aromatic N) is 2. The molecule has 0 radical (unpaired) electrons. The van der Waals surface area contributed by atoms with Gasteiger partial charge in [0.25, 0.3) is 0 Å². The molecule has 3 fully saturated rings. The van der Waals surface area contributed by atoms with Crippen LogP contribution < -0.4 is 5.32 Å². The summed E-state index contributed by atoms with van der Waals surface area (Å²) in [5.74, 6) is 0.693. The van der Waals surface area contributed by atoms with Gasteiger partial charge in [-0.05, 0) is 49.1 Å². The van der Waals surface area contributed by atoms with Crippen LogP contribution in [0.15, 0.2) is 24.3 Å². The second kappa shape index (κ2) is 10.4. The van der Waals surface area contributed by atoms with Crippen molar-refractivity contribution in [3.05, 3.63) is 35.4 Å². The molecule has 1 aliphatic carbocycles. The highest BCUT2D eigenvalue weighted by Gasteiger charge is 2.25. The normalized spacial score (nSPS) is 22.6. The van der Waals surface area contributed by atoms with Gasteiger partial charge in [-0.1, -0.05) is 43.5 Å². The van der Waals surface area contributed by atoms with Crippen LogP contribution in [0.3, 0.4) is 0 Å². The van der Waals surface area contributed by atoms with E-state index >= 15 is 0 Å². The van der Waals surface area contributed by atoms with Crippen molar-refractivity contribution < 1.29 is 9.53 Å². The Kier molecular flexibility index (Phi) is 7.44. The minimum absolute atomic E-state index is 0.169. The largest absolute Gasteiger partial charge is 0.379 e. The Hall–Kier alpha value is -1.59. The number of carbonyl (C=O) groups excluding carboxylic acids is 1. The predicted molar refractivity (Wildman–Crippen MR) is 116 cm³/mol. The molecule has 0 aromatic heterocycles. The number of morpholine rings is 1. The smallest absolute Gasteiger partial charge is 0.317 e. The maximum Gasteiger partial charge on any atom is 0.317 e. The summed E-state index contributed by atoms with van der Waals surface area (Å²) >= 11 is 0. The van der Waals surface area contributed by atoms with Gasteiger partial charge in [0, 0.05) is 38.8 Å². The molecule has 1 N–H and O–H groups in total. The van der Waals surface area contributed by atoms with Crippen LogP contribution in [0.1, 0.15) is 56.1 Å². The zero-order valence-corrected chi connectivity index (χ0v) is 17.8. The van der Waals surface area contributed by atoms with E-state index in [0.717, 1.165) is 78.0 Å². The molecule has 5 heteroatoms. The van der Waals surface area contributed by atoms with Crippen LogP contribution in [0.25, 0.3) is 0 Å². The van der Waals surface area contributed by atoms with Crippen LogP contribution in [0.2, 0.25) is 0 Å². The van der Waals surface area contributed by atoms with E-state index in [-0.39, 0.29) is 6.03 Å². The first-order chi connectivity index (χ1) is 14.3. The zero-order chi connectivity index (χ0) is 19.9. The maximum atomic E-state index is 12.5. The molecule has 3 aliphatic rings. The standard InChI is InChI=1S/C24H37N3O2/c28-24(25-23-4-2-1-3-5-23)27-12-10-21(11-13-27)18-20-6-8-22(9-7-20)19-26-14-16-29-17-15-26/h6-9,21,23H,1-5,10-19H2,(H,25,28). The topological polar surface area (TPSA) is 44.8 Å². The van der Waals surface area contributed by atoms with Crippen LogP contribution >= 0.6 is 0 Å². The fourth-order valence-corrected chi connectivity index (χ4v) is 4.98. The number of hydrogen-bond acceptors (Lipinski definition) is 3. The van der Waals surface area contributed by atoms with Crippen LogP contribution in [-0.2, 0) is 17.7 Å². The van der Waals surface area contributed by atoms with Crippen LogP contribution in [0.5, 0.6) is 0 Å². The minimum atomic E-state index is 0.169. The molecule has 4 rings (SSSR count). The summed E-state index contributed by atoms with van der Waals surface area (Å²) in [6.45, 7) is 6.61. The van der Waals surface area contributed by atoms with E-state index in [4.69, 9.17) is 4.74 Å². The number of carbonyl (C=O) groups is 1. The van der Waals surface area contributed by atoms with Crippen molar-refractivity contribution in [1.82, 2.24) is 15.1 Å². The number of hydrogen-bond donors (Lipinski definition) is 1. The Morgan fingerprint density at radius 3 is 2.24 bits per heavy atom. The van der Waals surface area contributed by atoms with Gasteiger partial charge in [-0.2, -0.15) is 0 Å². The van der Waals surface area contributed by atoms with E-state index < -0.39 is 0 Å². The molecule has 2 saturated heterocycles. The summed E-state index contributed by atoms with van der Waals surface area (Å²) in [7, 11) is 0. The lowest BCUT2D eigenvalue weighted by Crippen LogP contribution is -2.48. The van der Waals surface area contributed by atoms with E-state index in [2.05, 4.69) is 34.5 Å². The average molecular weight is 400 g/mol. The Morgan fingerprint density at radius 2 is 1.55 bits per heavy atom. The molecule has 1 aromatic rings. The molecule has 1 aromatic carbocycles. The Morgan fingerprint density at radius 1 is 0.897 bits per heavy atom. The summed E-state index contributed by atoms with van der Waals surface area (Å²) in [6, 6.07) is 9.76. The third-order valence-electron chi connectivity index (χ3n) is 6.89. The highest BCUT2D eigenvalue weighted by molar-refractivity contribution is 5.74. The quantitative estimate of drug-likeness (QED) is 0.819. The van der Waals surface area contributed by atoms with Crippen molar-refractivity contribution >= 4 is 6.03 Å². The lowest BCUT2D eigenvalue weighted by atomic mass is 9.90. The molecule has 0 bridgehead atoms. The molecule has 0 unspecified atom stereocenters. The van der Waals surface area contributed by atoms with Gasteiger partial charge < -0.3 is 15.0 Å². The van der Waals surface area contributed by atoms with Crippen molar-refractivity contribution in [2.24, 2.45) is 5.92 Å². The first-order valence-electron chi connectivity index (χ1n) is 11.7. The van der Waals surface area contributed by atoms with Crippen LogP contribution in [0.4, 0.5) is 4.79 Å². The molecule has 1 saturated carbocycles. The van der Waals surface area contributed by atoms with Crippen LogP contribution in [-0.4, -0.2) is 61.3 Å². The molecule has 29 heavy (non-hydrogen) atoms. The van der Waals surface area contributed by atoms with E-state index in [1.165, 1.54) is 30.4 Å². The van der Waals surface area contributed by atoms with E-state index in [1.54, 1.807) is 0 Å². The molecule has 2 heterocycles. The van der Waals surface area contributed by atoms with Crippen molar-refractivity contribution in [3.63, 3.8) is 0 Å². The van der Waals surface area contributed by atoms with Gasteiger partial charge in [-0.25, -0.2) is 4.79 Å². The number of likely N-dealkylation sites (tertiary alicyclic amines) is 1. The number of piperidine rings is 1. The lowest BCUT2D eigenvalue weighted by Gasteiger charge is -2.34. The van der Waals surface area contributed by atoms with Crippen LogP contribution in [0, 0.1) is 5.92 Å². The van der Waals surface area contributed by atoms with Gasteiger partial charge in [0.2, 0.25) is 0 Å². The second-order valence-electron chi connectivity index (χ2n) is 9.12. The highest BCUT2D eigenvalue weighted by atomic mass is 16.5. The fourth-order valence-electron chi connectivity index (χ4n) is 4.98. The summed E-state index contributed by atoms with van der Waals surface area (Å²) in [5.41, 5.74) is 2.82. The maximum absolute atomic E-state index is 12.5. The van der Waals surface area contributed by atoms with Gasteiger partial charge in [0.05, 0.1) is 13.2 Å². The first-order valence-corrected chi connectivity index (χ1v) is 11.7. The van der Waals surface area contributed by atoms with E-state index in [0.29, 0.717) is 12.0 Å². The molecule has 0 atom stereocenters. The molecule has 0 spiro atoms. The van der Waals surface area contributed by atoms with Crippen molar-refractivity contribution in [2.45, 2.75) is 64.0 Å². The Labute approximate surface area is 175 Å². The fraction of sp³-hybridized carbons (Fsp3) is 0.708. The molecular weight excluding hydrogens is 362 g/mol. The number of nitrogens with one attached hydrogen (secondary N) is 1. The van der Waals surface area contributed by atoms with Crippen molar-refractivity contribution in [2.75, 3.05) is 39.4 Å². The van der Waals surface area contributed by atoms with Gasteiger partial charge in [-0.3, -0.25) is 4.90 Å². The summed E-state index contributed by atoms with van der Waals surface area (Å²) in [4.78, 5) is 17.0. The molecule has 2 amide bonds. The summed E-state index contributed by atoms with van der Waals surface area (Å²) in [6.07, 6.45) is 9.53. The molecule has 5 nitrogen and oxygen atoms in total. The molecule has 160 valence electrons. The number of ether oxygens (including phenoxy) is 1. The first kappa shape index (κ1) is 20.7. The molecular formula is C24H37N3O2. The lowest BCUT2D eigenvalue weighted by molar-refractivity contribution is 0.0342. The Balaban J connectivity index is 1.18. The summed E-state index contributed by atoms with van der Waals surface area (Å²) in [5, 5.41) is 3.27. The Bertz CT molecular complexity index is 628. The van der Waals surface area contributed by atoms with E-state index in [1.807, 2.05) is 4.90 Å². The third-order valence-corrected chi connectivity index (χ3v) is 6.89. The monoisotopic (exact) mass is 399 g/mol. The third kappa shape index (κ3) is 6.19. The SMILES string of the molecule is O=C(NC1CCCCC1)N1CCC(Cc2ccc(CN3CCOCC3)cc2)CC1. The number of urea groups is 1. The van der Waals surface area contributed by atoms with Gasteiger partial charge in [0.1, 0.15) is 0 Å². The summed E-state index contributed by atoms with van der Waals surface area (Å²) < 4.78 is 5.43. The predicted octanol–water partition coefficient (Wildman–Crippen LogP) is 3.82. The van der Waals surface area contributed by atoms with Gasteiger partial charge in [-0.15, -0.1) is 0 Å². The van der Waals surface area contributed by atoms with Crippen molar-refractivity contribution in [3.8, 4) is 0 Å².